The first-order valence-electron chi connectivity index (χ1n) is 8.72. The number of hydrogen-bond donors (Lipinski definition) is 2. The Hall–Kier alpha value is -1.42. The third-order valence-corrected chi connectivity index (χ3v) is 6.14. The third kappa shape index (κ3) is 3.01. The Morgan fingerprint density at radius 2 is 2.00 bits per heavy atom. The van der Waals surface area contributed by atoms with Crippen LogP contribution >= 0.6 is 0 Å². The molecule has 4 aliphatic rings. The Bertz CT molecular complexity index is 616. The van der Waals surface area contributed by atoms with Crippen molar-refractivity contribution in [2.75, 3.05) is 5.32 Å². The molecular weight excluding hydrogens is 293 g/mol. The predicted octanol–water partition coefficient (Wildman–Crippen LogP) is 3.88. The molecule has 4 saturated carbocycles. The number of amides is 1. The van der Waals surface area contributed by atoms with Gasteiger partial charge in [-0.3, -0.25) is 4.79 Å². The fraction of sp³-hybridized carbons (Fsp3) is 0.632. The zero-order valence-corrected chi connectivity index (χ0v) is 13.4. The van der Waals surface area contributed by atoms with Gasteiger partial charge in [0, 0.05) is 12.1 Å². The minimum Gasteiger partial charge on any atom is -0.390 e. The van der Waals surface area contributed by atoms with Crippen LogP contribution in [0.3, 0.4) is 0 Å². The molecule has 2 N–H and O–H groups in total. The first kappa shape index (κ1) is 15.1. The van der Waals surface area contributed by atoms with Crippen LogP contribution in [0.2, 0.25) is 0 Å². The van der Waals surface area contributed by atoms with Crippen LogP contribution in [0.5, 0.6) is 0 Å². The van der Waals surface area contributed by atoms with Crippen LogP contribution in [0.4, 0.5) is 10.1 Å². The molecule has 5 rings (SSSR count). The quantitative estimate of drug-likeness (QED) is 0.885. The summed E-state index contributed by atoms with van der Waals surface area (Å²) in [5.74, 6) is 0.893. The van der Waals surface area contributed by atoms with Gasteiger partial charge in [-0.15, -0.1) is 0 Å². The van der Waals surface area contributed by atoms with E-state index in [0.29, 0.717) is 23.9 Å². The Morgan fingerprint density at radius 3 is 2.65 bits per heavy atom. The van der Waals surface area contributed by atoms with Gasteiger partial charge in [0.2, 0.25) is 5.91 Å². The maximum absolute atomic E-state index is 13.2. The number of halogens is 1. The molecule has 0 aliphatic heterocycles. The Morgan fingerprint density at radius 1 is 1.26 bits per heavy atom. The van der Waals surface area contributed by atoms with Gasteiger partial charge in [0.1, 0.15) is 5.82 Å². The lowest BCUT2D eigenvalue weighted by molar-refractivity contribution is -0.166. The molecular formula is C19H24FNO2. The lowest BCUT2D eigenvalue weighted by Crippen LogP contribution is -2.55. The van der Waals surface area contributed by atoms with Gasteiger partial charge < -0.3 is 10.4 Å². The number of nitrogens with one attached hydrogen (secondary N) is 1. The van der Waals surface area contributed by atoms with E-state index >= 15 is 0 Å². The van der Waals surface area contributed by atoms with E-state index in [4.69, 9.17) is 0 Å². The lowest BCUT2D eigenvalue weighted by atomic mass is 9.47. The summed E-state index contributed by atoms with van der Waals surface area (Å²) in [4.78, 5) is 12.2. The van der Waals surface area contributed by atoms with Crippen LogP contribution in [-0.2, 0) is 4.79 Å². The second kappa shape index (κ2) is 5.30. The van der Waals surface area contributed by atoms with Crippen molar-refractivity contribution in [2.45, 2.75) is 57.0 Å². The van der Waals surface area contributed by atoms with Gasteiger partial charge in [-0.05, 0) is 80.4 Å². The summed E-state index contributed by atoms with van der Waals surface area (Å²) in [6, 6.07) is 6.01. The highest BCUT2D eigenvalue weighted by molar-refractivity contribution is 5.90. The van der Waals surface area contributed by atoms with Gasteiger partial charge in [0.15, 0.2) is 0 Å². The van der Waals surface area contributed by atoms with Crippen LogP contribution in [0.25, 0.3) is 0 Å². The maximum atomic E-state index is 13.2. The first-order valence-corrected chi connectivity index (χ1v) is 8.72. The fourth-order valence-electron chi connectivity index (χ4n) is 5.86. The molecule has 4 aliphatic carbocycles. The van der Waals surface area contributed by atoms with Crippen molar-refractivity contribution >= 4 is 11.6 Å². The Balaban J connectivity index is 1.38. The maximum Gasteiger partial charge on any atom is 0.224 e. The summed E-state index contributed by atoms with van der Waals surface area (Å²) in [6.45, 7) is 0. The van der Waals surface area contributed by atoms with E-state index in [0.717, 1.165) is 25.7 Å². The molecule has 4 heteroatoms. The predicted molar refractivity (Wildman–Crippen MR) is 86.3 cm³/mol. The van der Waals surface area contributed by atoms with Gasteiger partial charge in [-0.1, -0.05) is 6.07 Å². The molecule has 4 bridgehead atoms. The van der Waals surface area contributed by atoms with Crippen molar-refractivity contribution < 1.29 is 14.3 Å². The Kier molecular flexibility index (Phi) is 3.49. The monoisotopic (exact) mass is 317 g/mol. The average Bonchev–Trinajstić information content (AvgIpc) is 2.43. The molecule has 2 atom stereocenters. The van der Waals surface area contributed by atoms with Gasteiger partial charge in [0.25, 0.3) is 0 Å². The van der Waals surface area contributed by atoms with Gasteiger partial charge in [0.05, 0.1) is 5.60 Å². The van der Waals surface area contributed by atoms with Crippen molar-refractivity contribution in [1.29, 1.82) is 0 Å². The lowest BCUT2D eigenvalue weighted by Gasteiger charge is -2.60. The summed E-state index contributed by atoms with van der Waals surface area (Å²) < 4.78 is 13.2. The number of carbonyl (C=O) groups is 1. The largest absolute Gasteiger partial charge is 0.390 e. The molecule has 0 radical (unpaired) electrons. The van der Waals surface area contributed by atoms with Gasteiger partial charge in [-0.25, -0.2) is 4.39 Å². The number of anilines is 1. The van der Waals surface area contributed by atoms with E-state index in [-0.39, 0.29) is 17.1 Å². The zero-order chi connectivity index (χ0) is 16.1. The molecule has 1 aromatic rings. The van der Waals surface area contributed by atoms with E-state index < -0.39 is 5.60 Å². The zero-order valence-electron chi connectivity index (χ0n) is 13.4. The molecule has 0 heterocycles. The topological polar surface area (TPSA) is 49.3 Å². The van der Waals surface area contributed by atoms with E-state index in [1.165, 1.54) is 31.4 Å². The number of rotatable bonds is 4. The molecule has 4 fully saturated rings. The summed E-state index contributed by atoms with van der Waals surface area (Å²) in [5.41, 5.74) is 0.195. The highest BCUT2D eigenvalue weighted by Crippen LogP contribution is 2.63. The van der Waals surface area contributed by atoms with Crippen molar-refractivity contribution in [2.24, 2.45) is 17.3 Å². The van der Waals surface area contributed by atoms with Crippen molar-refractivity contribution in [3.8, 4) is 0 Å². The first-order chi connectivity index (χ1) is 10.9. The molecule has 0 aromatic heterocycles. The minimum absolute atomic E-state index is 0.0571. The second-order valence-corrected chi connectivity index (χ2v) is 8.24. The Labute approximate surface area is 136 Å². The summed E-state index contributed by atoms with van der Waals surface area (Å²) in [6.07, 6.45) is 7.66. The molecule has 2 unspecified atom stereocenters. The third-order valence-electron chi connectivity index (χ3n) is 6.14. The number of carbonyl (C=O) groups excluding carboxylic acids is 1. The van der Waals surface area contributed by atoms with E-state index in [1.807, 2.05) is 0 Å². The standard InChI is InChI=1S/C19H24FNO2/c20-15-2-1-3-16(7-15)21-17(22)4-5-18-8-13-6-14(9-18)11-19(23,10-13)12-18/h1-3,7,13-14,23H,4-6,8-12H2,(H,21,22). The molecule has 1 amide bonds. The number of benzene rings is 1. The average molecular weight is 317 g/mol. The summed E-state index contributed by atoms with van der Waals surface area (Å²) in [7, 11) is 0. The van der Waals surface area contributed by atoms with Gasteiger partial charge >= 0.3 is 0 Å². The van der Waals surface area contributed by atoms with Crippen LogP contribution in [0.1, 0.15) is 51.4 Å². The van der Waals surface area contributed by atoms with Crippen molar-refractivity contribution in [1.82, 2.24) is 0 Å². The molecule has 1 aromatic carbocycles. The number of aliphatic hydroxyl groups is 1. The van der Waals surface area contributed by atoms with Crippen LogP contribution < -0.4 is 5.32 Å². The molecule has 3 nitrogen and oxygen atoms in total. The smallest absolute Gasteiger partial charge is 0.224 e. The fourth-order valence-corrected chi connectivity index (χ4v) is 5.86. The molecule has 23 heavy (non-hydrogen) atoms. The highest BCUT2D eigenvalue weighted by Gasteiger charge is 2.56. The van der Waals surface area contributed by atoms with Crippen LogP contribution in [0, 0.1) is 23.1 Å². The molecule has 0 spiro atoms. The van der Waals surface area contributed by atoms with Crippen LogP contribution in [-0.4, -0.2) is 16.6 Å². The highest BCUT2D eigenvalue weighted by atomic mass is 19.1. The second-order valence-electron chi connectivity index (χ2n) is 8.24. The molecule has 124 valence electrons. The van der Waals surface area contributed by atoms with Crippen molar-refractivity contribution in [3.05, 3.63) is 30.1 Å². The summed E-state index contributed by atoms with van der Waals surface area (Å²) in [5, 5.41) is 13.5. The van der Waals surface area contributed by atoms with E-state index in [9.17, 15) is 14.3 Å². The SMILES string of the molecule is O=C(CCC12CC3CC(CC(O)(C3)C1)C2)Nc1cccc(F)c1. The summed E-state index contributed by atoms with van der Waals surface area (Å²) >= 11 is 0. The van der Waals surface area contributed by atoms with Gasteiger partial charge in [-0.2, -0.15) is 0 Å². The van der Waals surface area contributed by atoms with Crippen LogP contribution in [0.15, 0.2) is 24.3 Å². The normalized spacial score (nSPS) is 37.8. The van der Waals surface area contributed by atoms with E-state index in [1.54, 1.807) is 12.1 Å². The minimum atomic E-state index is -0.469. The number of hydrogen-bond acceptors (Lipinski definition) is 2. The van der Waals surface area contributed by atoms with E-state index in [2.05, 4.69) is 5.32 Å². The van der Waals surface area contributed by atoms with Crippen molar-refractivity contribution in [3.63, 3.8) is 0 Å². The molecule has 0 saturated heterocycles.